The predicted molar refractivity (Wildman–Crippen MR) is 65.1 cm³/mol. The van der Waals surface area contributed by atoms with E-state index in [9.17, 15) is 33.0 Å². The summed E-state index contributed by atoms with van der Waals surface area (Å²) in [4.78, 5) is 22.8. The van der Waals surface area contributed by atoms with Crippen molar-refractivity contribution in [2.45, 2.75) is 44.1 Å². The summed E-state index contributed by atoms with van der Waals surface area (Å²) in [6.45, 7) is 0.993. The third-order valence-corrected chi connectivity index (χ3v) is 3.20. The van der Waals surface area contributed by atoms with Crippen LogP contribution in [-0.4, -0.2) is 68.7 Å². The highest BCUT2D eigenvalue weighted by atomic mass is 19.4. The van der Waals surface area contributed by atoms with Crippen molar-refractivity contribution in [2.24, 2.45) is 0 Å². The smallest absolute Gasteiger partial charge is 0.394 e. The monoisotopic (exact) mass is 327 g/mol. The molecule has 1 aliphatic rings. The quantitative estimate of drug-likeness (QED) is 0.590. The van der Waals surface area contributed by atoms with Crippen LogP contribution in [0.5, 0.6) is 0 Å². The Morgan fingerprint density at radius 3 is 2.27 bits per heavy atom. The van der Waals surface area contributed by atoms with Gasteiger partial charge in [-0.05, 0) is 13.0 Å². The summed E-state index contributed by atoms with van der Waals surface area (Å²) in [5, 5.41) is 28.5. The number of amides is 1. The normalized spacial score (nSPS) is 32.5. The molecule has 22 heavy (non-hydrogen) atoms. The number of alkyl halides is 3. The highest BCUT2D eigenvalue weighted by Gasteiger charge is 2.71. The van der Waals surface area contributed by atoms with Crippen LogP contribution < -0.4 is 0 Å². The minimum Gasteiger partial charge on any atom is -0.394 e. The molecule has 1 heterocycles. The Balaban J connectivity index is 3.32. The van der Waals surface area contributed by atoms with Gasteiger partial charge in [0.1, 0.15) is 12.2 Å². The van der Waals surface area contributed by atoms with Gasteiger partial charge in [0.05, 0.1) is 6.61 Å². The van der Waals surface area contributed by atoms with Gasteiger partial charge in [-0.2, -0.15) is 13.2 Å². The van der Waals surface area contributed by atoms with Gasteiger partial charge in [0.25, 0.3) is 0 Å². The van der Waals surface area contributed by atoms with E-state index in [0.717, 1.165) is 26.1 Å². The minimum atomic E-state index is -5.35. The third kappa shape index (κ3) is 3.14. The van der Waals surface area contributed by atoms with Crippen LogP contribution >= 0.6 is 0 Å². The van der Waals surface area contributed by atoms with E-state index >= 15 is 0 Å². The van der Waals surface area contributed by atoms with E-state index in [2.05, 4.69) is 0 Å². The molecule has 1 fully saturated rings. The molecule has 0 aromatic heterocycles. The van der Waals surface area contributed by atoms with Crippen LogP contribution in [0, 0.1) is 0 Å². The number of allylic oxidation sites excluding steroid dienone is 1. The van der Waals surface area contributed by atoms with Gasteiger partial charge in [0.2, 0.25) is 11.5 Å². The number of hydrogen-bond acceptors (Lipinski definition) is 6. The Kier molecular flexibility index (Phi) is 5.34. The van der Waals surface area contributed by atoms with Gasteiger partial charge in [0, 0.05) is 13.1 Å². The minimum absolute atomic E-state index is 0.341. The summed E-state index contributed by atoms with van der Waals surface area (Å²) >= 11 is 0. The average molecular weight is 327 g/mol. The van der Waals surface area contributed by atoms with Crippen LogP contribution in [0.4, 0.5) is 13.2 Å². The Hall–Kier alpha value is -1.49. The van der Waals surface area contributed by atoms with Crippen LogP contribution in [0.3, 0.4) is 0 Å². The lowest BCUT2D eigenvalue weighted by Crippen LogP contribution is -2.63. The van der Waals surface area contributed by atoms with Gasteiger partial charge in [-0.1, -0.05) is 0 Å². The maximum absolute atomic E-state index is 13.2. The SMILES string of the molecule is CC(=O)/C=C\N(C(C)=O)[C@@H]1O[C@H](CO)[C@@H](O)[C@]1(O)C(F)(F)F. The zero-order chi connectivity index (χ0) is 17.3. The van der Waals surface area contributed by atoms with Crippen molar-refractivity contribution in [1.82, 2.24) is 4.90 Å². The molecule has 1 saturated heterocycles. The Morgan fingerprint density at radius 1 is 1.36 bits per heavy atom. The first-order chi connectivity index (χ1) is 9.96. The largest absolute Gasteiger partial charge is 0.424 e. The fourth-order valence-electron chi connectivity index (χ4n) is 2.03. The summed E-state index contributed by atoms with van der Waals surface area (Å²) in [6, 6.07) is 0. The van der Waals surface area contributed by atoms with Gasteiger partial charge in [-0.15, -0.1) is 0 Å². The van der Waals surface area contributed by atoms with Crippen LogP contribution in [0.15, 0.2) is 12.3 Å². The molecule has 0 unspecified atom stereocenters. The summed E-state index contributed by atoms with van der Waals surface area (Å²) in [7, 11) is 0. The Bertz CT molecular complexity index is 480. The van der Waals surface area contributed by atoms with Gasteiger partial charge in [-0.3, -0.25) is 14.5 Å². The van der Waals surface area contributed by atoms with Gasteiger partial charge in [-0.25, -0.2) is 0 Å². The second kappa shape index (κ2) is 6.32. The highest BCUT2D eigenvalue weighted by Crippen LogP contribution is 2.44. The number of carbonyl (C=O) groups is 2. The molecule has 4 atom stereocenters. The fraction of sp³-hybridized carbons (Fsp3) is 0.667. The highest BCUT2D eigenvalue weighted by molar-refractivity contribution is 5.88. The second-order valence-electron chi connectivity index (χ2n) is 4.83. The number of hydrogen-bond donors (Lipinski definition) is 3. The molecular formula is C12H16F3NO6. The van der Waals surface area contributed by atoms with Crippen molar-refractivity contribution in [1.29, 1.82) is 0 Å². The van der Waals surface area contributed by atoms with Crippen molar-refractivity contribution < 1.29 is 42.8 Å². The van der Waals surface area contributed by atoms with Crippen molar-refractivity contribution in [2.75, 3.05) is 6.61 Å². The first-order valence-corrected chi connectivity index (χ1v) is 6.18. The number of ether oxygens (including phenoxy) is 1. The first kappa shape index (κ1) is 18.6. The van der Waals surface area contributed by atoms with E-state index in [-0.39, 0.29) is 0 Å². The van der Waals surface area contributed by atoms with Crippen LogP contribution in [0.25, 0.3) is 0 Å². The standard InChI is InChI=1S/C12H16F3NO6/c1-6(18)3-4-16(7(2)19)10-11(21,12(13,14)15)9(20)8(5-17)22-10/h3-4,8-10,17,20-21H,5H2,1-2H3/b4-3-/t8-,9-,10-,11-/m1/s1. The van der Waals surface area contributed by atoms with E-state index in [4.69, 9.17) is 9.84 Å². The van der Waals surface area contributed by atoms with Gasteiger partial charge >= 0.3 is 6.18 Å². The maximum atomic E-state index is 13.2. The lowest BCUT2D eigenvalue weighted by molar-refractivity contribution is -0.305. The topological polar surface area (TPSA) is 107 Å². The fourth-order valence-corrected chi connectivity index (χ4v) is 2.03. The van der Waals surface area contributed by atoms with Crippen LogP contribution in [0.1, 0.15) is 13.8 Å². The zero-order valence-corrected chi connectivity index (χ0v) is 11.7. The van der Waals surface area contributed by atoms with Gasteiger partial charge in [0.15, 0.2) is 12.0 Å². The van der Waals surface area contributed by atoms with E-state index in [1.165, 1.54) is 0 Å². The average Bonchev–Trinajstić information content (AvgIpc) is 2.63. The van der Waals surface area contributed by atoms with Crippen LogP contribution in [-0.2, 0) is 14.3 Å². The van der Waals surface area contributed by atoms with Crippen molar-refractivity contribution in [3.8, 4) is 0 Å². The predicted octanol–water partition coefficient (Wildman–Crippen LogP) is -0.691. The van der Waals surface area contributed by atoms with E-state index in [1.54, 1.807) is 0 Å². The summed E-state index contributed by atoms with van der Waals surface area (Å²) in [5.74, 6) is -1.52. The number of nitrogens with zero attached hydrogens (tertiary/aromatic N) is 1. The van der Waals surface area contributed by atoms with E-state index in [1.807, 2.05) is 0 Å². The molecular weight excluding hydrogens is 311 g/mol. The van der Waals surface area contributed by atoms with Gasteiger partial charge < -0.3 is 20.1 Å². The summed E-state index contributed by atoms with van der Waals surface area (Å²) in [6.07, 6.45) is -10.4. The lowest BCUT2D eigenvalue weighted by Gasteiger charge is -2.36. The number of rotatable bonds is 4. The van der Waals surface area contributed by atoms with Crippen molar-refractivity contribution in [3.63, 3.8) is 0 Å². The summed E-state index contributed by atoms with van der Waals surface area (Å²) < 4.78 is 44.3. The van der Waals surface area contributed by atoms with E-state index < -0.39 is 48.5 Å². The number of ketones is 1. The molecule has 0 aliphatic carbocycles. The molecule has 3 N–H and O–H groups in total. The molecule has 0 aromatic carbocycles. The number of aliphatic hydroxyl groups is 3. The maximum Gasteiger partial charge on any atom is 0.424 e. The molecule has 1 amide bonds. The molecule has 0 aromatic rings. The molecule has 0 bridgehead atoms. The molecule has 126 valence electrons. The molecule has 10 heteroatoms. The molecule has 0 radical (unpaired) electrons. The van der Waals surface area contributed by atoms with Crippen molar-refractivity contribution in [3.05, 3.63) is 12.3 Å². The Labute approximate surface area is 123 Å². The number of aliphatic hydroxyl groups excluding tert-OH is 2. The van der Waals surface area contributed by atoms with Crippen molar-refractivity contribution >= 4 is 11.7 Å². The second-order valence-corrected chi connectivity index (χ2v) is 4.83. The molecule has 1 rings (SSSR count). The molecule has 0 spiro atoms. The van der Waals surface area contributed by atoms with E-state index in [0.29, 0.717) is 4.90 Å². The Morgan fingerprint density at radius 2 is 1.91 bits per heavy atom. The lowest BCUT2D eigenvalue weighted by atomic mass is 9.92. The van der Waals surface area contributed by atoms with Crippen LogP contribution in [0.2, 0.25) is 0 Å². The molecule has 1 aliphatic heterocycles. The molecule has 0 saturated carbocycles. The molecule has 7 nitrogen and oxygen atoms in total. The third-order valence-electron chi connectivity index (χ3n) is 3.20. The number of carbonyl (C=O) groups excluding carboxylic acids is 2. The zero-order valence-electron chi connectivity index (χ0n) is 11.7. The first-order valence-electron chi connectivity index (χ1n) is 6.18. The number of halogens is 3. The summed E-state index contributed by atoms with van der Waals surface area (Å²) in [5.41, 5.74) is -3.81.